The van der Waals surface area contributed by atoms with Crippen molar-refractivity contribution in [2.24, 2.45) is 11.8 Å². The number of nitrogens with zero attached hydrogens (tertiary/aromatic N) is 4. The third-order valence-electron chi connectivity index (χ3n) is 6.38. The predicted octanol–water partition coefficient (Wildman–Crippen LogP) is 3.05. The Morgan fingerprint density at radius 1 is 1.10 bits per heavy atom. The van der Waals surface area contributed by atoms with Crippen LogP contribution < -0.4 is 10.2 Å². The van der Waals surface area contributed by atoms with Gasteiger partial charge in [-0.15, -0.1) is 0 Å². The zero-order valence-electron chi connectivity index (χ0n) is 16.8. The molecule has 1 aromatic carbocycles. The molecule has 1 N–H and O–H groups in total. The first-order valence-corrected chi connectivity index (χ1v) is 11.0. The second kappa shape index (κ2) is 8.40. The molecule has 3 saturated heterocycles. The second-order valence-corrected chi connectivity index (χ2v) is 8.85. The lowest BCUT2D eigenvalue weighted by atomic mass is 10.0. The largest absolute Gasteiger partial charge is 0.376 e. The topological polar surface area (TPSA) is 70.6 Å². The van der Waals surface area contributed by atoms with Crippen LogP contribution in [0.4, 0.5) is 10.6 Å². The van der Waals surface area contributed by atoms with Gasteiger partial charge < -0.3 is 19.9 Å². The number of aromatic nitrogens is 2. The molecule has 5 rings (SSSR count). The van der Waals surface area contributed by atoms with Crippen LogP contribution in [0.15, 0.2) is 36.7 Å². The van der Waals surface area contributed by atoms with Gasteiger partial charge in [0.05, 0.1) is 24.2 Å². The SMILES string of the molecule is O=C(NCC1CCCO1)N1CC2CN(c3cnc(-c4ccc(Cl)cc4)cn3)CC2C1. The van der Waals surface area contributed by atoms with Gasteiger partial charge in [0.15, 0.2) is 0 Å². The van der Waals surface area contributed by atoms with Crippen molar-refractivity contribution in [2.75, 3.05) is 44.2 Å². The van der Waals surface area contributed by atoms with E-state index in [1.807, 2.05) is 41.6 Å². The highest BCUT2D eigenvalue weighted by Crippen LogP contribution is 2.33. The van der Waals surface area contributed by atoms with Gasteiger partial charge in [-0.05, 0) is 25.0 Å². The van der Waals surface area contributed by atoms with E-state index in [1.54, 1.807) is 0 Å². The van der Waals surface area contributed by atoms with E-state index in [4.69, 9.17) is 16.3 Å². The molecule has 7 nitrogen and oxygen atoms in total. The van der Waals surface area contributed by atoms with E-state index in [0.29, 0.717) is 23.4 Å². The lowest BCUT2D eigenvalue weighted by Crippen LogP contribution is -2.43. The van der Waals surface area contributed by atoms with Crippen LogP contribution in [-0.4, -0.2) is 66.3 Å². The second-order valence-electron chi connectivity index (χ2n) is 8.42. The minimum Gasteiger partial charge on any atom is -0.376 e. The van der Waals surface area contributed by atoms with Crippen molar-refractivity contribution < 1.29 is 9.53 Å². The van der Waals surface area contributed by atoms with Crippen LogP contribution >= 0.6 is 11.6 Å². The van der Waals surface area contributed by atoms with Gasteiger partial charge in [-0.3, -0.25) is 4.98 Å². The summed E-state index contributed by atoms with van der Waals surface area (Å²) < 4.78 is 5.59. The highest BCUT2D eigenvalue weighted by Gasteiger charge is 2.42. The molecule has 3 aliphatic heterocycles. The monoisotopic (exact) mass is 427 g/mol. The van der Waals surface area contributed by atoms with Gasteiger partial charge in [-0.2, -0.15) is 0 Å². The van der Waals surface area contributed by atoms with Crippen molar-refractivity contribution in [2.45, 2.75) is 18.9 Å². The predicted molar refractivity (Wildman–Crippen MR) is 116 cm³/mol. The number of amides is 2. The lowest BCUT2D eigenvalue weighted by molar-refractivity contribution is 0.109. The van der Waals surface area contributed by atoms with E-state index in [2.05, 4.69) is 20.2 Å². The van der Waals surface area contributed by atoms with E-state index >= 15 is 0 Å². The average Bonchev–Trinajstić information content (AvgIpc) is 3.49. The summed E-state index contributed by atoms with van der Waals surface area (Å²) in [4.78, 5) is 26.0. The summed E-state index contributed by atoms with van der Waals surface area (Å²) >= 11 is 5.96. The summed E-state index contributed by atoms with van der Waals surface area (Å²) in [5, 5.41) is 3.75. The number of ether oxygens (including phenoxy) is 1. The number of hydrogen-bond acceptors (Lipinski definition) is 5. The molecule has 3 aliphatic rings. The summed E-state index contributed by atoms with van der Waals surface area (Å²) in [6.45, 7) is 4.86. The summed E-state index contributed by atoms with van der Waals surface area (Å²) in [5.41, 5.74) is 1.84. The number of rotatable bonds is 4. The Labute approximate surface area is 181 Å². The van der Waals surface area contributed by atoms with E-state index in [9.17, 15) is 4.79 Å². The molecular weight excluding hydrogens is 402 g/mol. The van der Waals surface area contributed by atoms with Crippen LogP contribution in [0, 0.1) is 11.8 Å². The lowest BCUT2D eigenvalue weighted by Gasteiger charge is -2.23. The molecule has 0 radical (unpaired) electrons. The van der Waals surface area contributed by atoms with Gasteiger partial charge in [0.25, 0.3) is 0 Å². The van der Waals surface area contributed by atoms with Crippen molar-refractivity contribution >= 4 is 23.4 Å². The molecule has 0 spiro atoms. The minimum absolute atomic E-state index is 0.0403. The van der Waals surface area contributed by atoms with Crippen LogP contribution in [-0.2, 0) is 4.74 Å². The summed E-state index contributed by atoms with van der Waals surface area (Å²) in [7, 11) is 0. The Kier molecular flexibility index (Phi) is 5.48. The third-order valence-corrected chi connectivity index (χ3v) is 6.63. The van der Waals surface area contributed by atoms with Crippen molar-refractivity contribution in [3.63, 3.8) is 0 Å². The van der Waals surface area contributed by atoms with Crippen LogP contribution in [0.5, 0.6) is 0 Å². The number of likely N-dealkylation sites (tertiary alicyclic amines) is 1. The number of urea groups is 1. The molecule has 3 fully saturated rings. The molecule has 30 heavy (non-hydrogen) atoms. The number of benzene rings is 1. The number of anilines is 1. The molecular formula is C22H26ClN5O2. The molecule has 0 bridgehead atoms. The quantitative estimate of drug-likeness (QED) is 0.812. The third kappa shape index (κ3) is 4.09. The molecule has 0 saturated carbocycles. The first kappa shape index (κ1) is 19.6. The van der Waals surface area contributed by atoms with Crippen LogP contribution in [0.25, 0.3) is 11.3 Å². The standard InChI is InChI=1S/C22H26ClN5O2/c23-18-5-3-15(4-6-18)20-9-25-21(10-24-20)27-11-16-13-28(14-17(16)12-27)22(29)26-8-19-2-1-7-30-19/h3-6,9-10,16-17,19H,1-2,7-8,11-14H2,(H,26,29). The molecule has 2 aromatic rings. The fourth-order valence-corrected chi connectivity index (χ4v) is 4.84. The van der Waals surface area contributed by atoms with Gasteiger partial charge in [-0.1, -0.05) is 23.7 Å². The van der Waals surface area contributed by atoms with Crippen LogP contribution in [0.3, 0.4) is 0 Å². The molecule has 3 atom stereocenters. The van der Waals surface area contributed by atoms with Crippen molar-refractivity contribution in [1.29, 1.82) is 0 Å². The fraction of sp³-hybridized carbons (Fsp3) is 0.500. The molecule has 4 heterocycles. The first-order chi connectivity index (χ1) is 14.7. The van der Waals surface area contributed by atoms with Crippen molar-refractivity contribution in [1.82, 2.24) is 20.2 Å². The molecule has 2 amide bonds. The number of halogens is 1. The Morgan fingerprint density at radius 3 is 2.50 bits per heavy atom. The van der Waals surface area contributed by atoms with Gasteiger partial charge in [0.1, 0.15) is 5.82 Å². The maximum Gasteiger partial charge on any atom is 0.317 e. The van der Waals surface area contributed by atoms with Gasteiger partial charge in [-0.25, -0.2) is 9.78 Å². The first-order valence-electron chi connectivity index (χ1n) is 10.6. The Balaban J connectivity index is 1.14. The number of carbonyl (C=O) groups excluding carboxylic acids is 1. The van der Waals surface area contributed by atoms with Crippen molar-refractivity contribution in [3.8, 4) is 11.3 Å². The number of nitrogens with one attached hydrogen (secondary N) is 1. The zero-order chi connectivity index (χ0) is 20.5. The van der Waals surface area contributed by atoms with E-state index < -0.39 is 0 Å². The van der Waals surface area contributed by atoms with Gasteiger partial charge in [0.2, 0.25) is 0 Å². The maximum atomic E-state index is 12.5. The van der Waals surface area contributed by atoms with Gasteiger partial charge >= 0.3 is 6.03 Å². The average molecular weight is 428 g/mol. The summed E-state index contributed by atoms with van der Waals surface area (Å²) in [6, 6.07) is 7.65. The number of hydrogen-bond donors (Lipinski definition) is 1. The number of carbonyl (C=O) groups is 1. The normalized spacial score (nSPS) is 25.6. The van der Waals surface area contributed by atoms with Crippen LogP contribution in [0.2, 0.25) is 5.02 Å². The minimum atomic E-state index is 0.0403. The highest BCUT2D eigenvalue weighted by atomic mass is 35.5. The zero-order valence-corrected chi connectivity index (χ0v) is 17.6. The highest BCUT2D eigenvalue weighted by molar-refractivity contribution is 6.30. The molecule has 1 aromatic heterocycles. The van der Waals surface area contributed by atoms with E-state index in [1.165, 1.54) is 0 Å². The van der Waals surface area contributed by atoms with Crippen molar-refractivity contribution in [3.05, 3.63) is 41.7 Å². The van der Waals surface area contributed by atoms with Crippen LogP contribution in [0.1, 0.15) is 12.8 Å². The molecule has 3 unspecified atom stereocenters. The molecule has 0 aliphatic carbocycles. The van der Waals surface area contributed by atoms with E-state index in [0.717, 1.165) is 62.7 Å². The maximum absolute atomic E-state index is 12.5. The molecule has 8 heteroatoms. The summed E-state index contributed by atoms with van der Waals surface area (Å²) in [6.07, 6.45) is 5.97. The van der Waals surface area contributed by atoms with Gasteiger partial charge in [0, 0.05) is 61.8 Å². The van der Waals surface area contributed by atoms with E-state index in [-0.39, 0.29) is 12.1 Å². The Morgan fingerprint density at radius 2 is 1.87 bits per heavy atom. The Bertz CT molecular complexity index is 871. The fourth-order valence-electron chi connectivity index (χ4n) is 4.72. The summed E-state index contributed by atoms with van der Waals surface area (Å²) in [5.74, 6) is 1.86. The molecule has 158 valence electrons. The Hall–Kier alpha value is -2.38. The smallest absolute Gasteiger partial charge is 0.317 e. The number of fused-ring (bicyclic) bond motifs is 1.